The first-order valence-corrected chi connectivity index (χ1v) is 6.58. The molecule has 2 rings (SSSR count). The highest BCUT2D eigenvalue weighted by Gasteiger charge is 2.11. The zero-order chi connectivity index (χ0) is 13.3. The van der Waals surface area contributed by atoms with Crippen molar-refractivity contribution in [1.29, 1.82) is 0 Å². The molecule has 2 aromatic rings. The quantitative estimate of drug-likeness (QED) is 0.947. The first-order chi connectivity index (χ1) is 8.52. The maximum Gasteiger partial charge on any atom is 0.165 e. The molecule has 0 saturated carbocycles. The monoisotopic (exact) mass is 309 g/mol. The van der Waals surface area contributed by atoms with E-state index in [1.54, 1.807) is 6.20 Å². The fourth-order valence-electron chi connectivity index (χ4n) is 1.59. The lowest BCUT2D eigenvalue weighted by atomic mass is 10.3. The van der Waals surface area contributed by atoms with Gasteiger partial charge < -0.3 is 5.32 Å². The second kappa shape index (κ2) is 5.06. The number of hydrogen-bond acceptors (Lipinski definition) is 4. The van der Waals surface area contributed by atoms with E-state index in [0.717, 1.165) is 21.5 Å². The number of anilines is 1. The highest BCUT2D eigenvalue weighted by atomic mass is 79.9. The van der Waals surface area contributed by atoms with Gasteiger partial charge in [-0.05, 0) is 36.7 Å². The number of hydrogen-bond donors (Lipinski definition) is 1. The molecule has 0 spiro atoms. The third kappa shape index (κ3) is 2.38. The Bertz CT molecular complexity index is 562. The summed E-state index contributed by atoms with van der Waals surface area (Å²) in [6.07, 6.45) is 3.76. The molecular weight excluding hydrogens is 294 g/mol. The molecule has 0 atom stereocenters. The number of nitrogens with zero attached hydrogens (tertiary/aromatic N) is 4. The van der Waals surface area contributed by atoms with Crippen molar-refractivity contribution >= 4 is 21.7 Å². The van der Waals surface area contributed by atoms with Gasteiger partial charge in [0.1, 0.15) is 5.82 Å². The molecule has 1 N–H and O–H groups in total. The Hall–Kier alpha value is -1.43. The SMILES string of the molecule is CNc1nc(-c2cnn(C(C)C)c2)nc(C)c1Br. The van der Waals surface area contributed by atoms with Gasteiger partial charge in [-0.15, -0.1) is 0 Å². The molecule has 0 aromatic carbocycles. The van der Waals surface area contributed by atoms with Crippen LogP contribution in [0.2, 0.25) is 0 Å². The van der Waals surface area contributed by atoms with Crippen molar-refractivity contribution in [2.24, 2.45) is 0 Å². The van der Waals surface area contributed by atoms with E-state index in [1.807, 2.05) is 24.9 Å². The Balaban J connectivity index is 2.47. The summed E-state index contributed by atoms with van der Waals surface area (Å²) in [5.74, 6) is 1.47. The number of halogens is 1. The molecule has 2 aromatic heterocycles. The summed E-state index contributed by atoms with van der Waals surface area (Å²) >= 11 is 3.47. The minimum Gasteiger partial charge on any atom is -0.372 e. The topological polar surface area (TPSA) is 55.6 Å². The summed E-state index contributed by atoms with van der Waals surface area (Å²) in [7, 11) is 1.84. The fourth-order valence-corrected chi connectivity index (χ4v) is 1.97. The van der Waals surface area contributed by atoms with Gasteiger partial charge in [0.25, 0.3) is 0 Å². The summed E-state index contributed by atoms with van der Waals surface area (Å²) in [5, 5.41) is 7.35. The van der Waals surface area contributed by atoms with Gasteiger partial charge >= 0.3 is 0 Å². The Morgan fingerprint density at radius 1 is 1.33 bits per heavy atom. The lowest BCUT2D eigenvalue weighted by Crippen LogP contribution is -2.01. The van der Waals surface area contributed by atoms with Crippen molar-refractivity contribution in [3.8, 4) is 11.4 Å². The summed E-state index contributed by atoms with van der Waals surface area (Å²) in [4.78, 5) is 8.95. The third-order valence-electron chi connectivity index (χ3n) is 2.64. The number of aryl methyl sites for hydroxylation is 1. The van der Waals surface area contributed by atoms with Crippen LogP contribution in [0.5, 0.6) is 0 Å². The van der Waals surface area contributed by atoms with E-state index in [4.69, 9.17) is 0 Å². The van der Waals surface area contributed by atoms with Gasteiger partial charge in [-0.25, -0.2) is 9.97 Å². The van der Waals surface area contributed by atoms with E-state index in [9.17, 15) is 0 Å². The average Bonchev–Trinajstić information content (AvgIpc) is 2.82. The molecule has 0 saturated heterocycles. The van der Waals surface area contributed by atoms with Crippen molar-refractivity contribution in [3.05, 3.63) is 22.6 Å². The van der Waals surface area contributed by atoms with Crippen molar-refractivity contribution in [1.82, 2.24) is 19.7 Å². The van der Waals surface area contributed by atoms with Crippen LogP contribution in [0.4, 0.5) is 5.82 Å². The van der Waals surface area contributed by atoms with E-state index in [1.165, 1.54) is 0 Å². The zero-order valence-corrected chi connectivity index (χ0v) is 12.5. The smallest absolute Gasteiger partial charge is 0.165 e. The molecule has 0 unspecified atom stereocenters. The third-order valence-corrected chi connectivity index (χ3v) is 3.59. The van der Waals surface area contributed by atoms with Crippen molar-refractivity contribution in [2.45, 2.75) is 26.8 Å². The minimum atomic E-state index is 0.332. The predicted octanol–water partition coefficient (Wildman–Crippen LogP) is 3.03. The summed E-state index contributed by atoms with van der Waals surface area (Å²) in [5.41, 5.74) is 1.83. The summed E-state index contributed by atoms with van der Waals surface area (Å²) in [6, 6.07) is 0.332. The van der Waals surface area contributed by atoms with Crippen LogP contribution in [-0.2, 0) is 0 Å². The van der Waals surface area contributed by atoms with Gasteiger partial charge in [0, 0.05) is 19.3 Å². The fraction of sp³-hybridized carbons (Fsp3) is 0.417. The van der Waals surface area contributed by atoms with Gasteiger partial charge in [0.2, 0.25) is 0 Å². The van der Waals surface area contributed by atoms with Gasteiger partial charge in [-0.1, -0.05) is 0 Å². The Labute approximate surface area is 115 Å². The summed E-state index contributed by atoms with van der Waals surface area (Å²) < 4.78 is 2.79. The zero-order valence-electron chi connectivity index (χ0n) is 10.9. The van der Waals surface area contributed by atoms with Crippen LogP contribution < -0.4 is 5.32 Å². The van der Waals surface area contributed by atoms with Gasteiger partial charge in [-0.2, -0.15) is 5.10 Å². The molecular formula is C12H16BrN5. The minimum absolute atomic E-state index is 0.332. The van der Waals surface area contributed by atoms with E-state index >= 15 is 0 Å². The maximum atomic E-state index is 4.47. The van der Waals surface area contributed by atoms with Gasteiger partial charge in [0.15, 0.2) is 5.82 Å². The van der Waals surface area contributed by atoms with Crippen molar-refractivity contribution < 1.29 is 0 Å². The lowest BCUT2D eigenvalue weighted by Gasteiger charge is -2.07. The van der Waals surface area contributed by atoms with Gasteiger partial charge in [-0.3, -0.25) is 4.68 Å². The first kappa shape index (κ1) is 13.0. The van der Waals surface area contributed by atoms with E-state index in [-0.39, 0.29) is 0 Å². The van der Waals surface area contributed by atoms with E-state index in [0.29, 0.717) is 11.9 Å². The molecule has 0 aliphatic rings. The number of nitrogens with one attached hydrogen (secondary N) is 1. The molecule has 2 heterocycles. The number of rotatable bonds is 3. The van der Waals surface area contributed by atoms with Crippen LogP contribution >= 0.6 is 15.9 Å². The lowest BCUT2D eigenvalue weighted by molar-refractivity contribution is 0.532. The molecule has 0 aliphatic heterocycles. The molecule has 0 bridgehead atoms. The van der Waals surface area contributed by atoms with Gasteiger partial charge in [0.05, 0.1) is 21.9 Å². The summed E-state index contributed by atoms with van der Waals surface area (Å²) in [6.45, 7) is 6.12. The van der Waals surface area contributed by atoms with Crippen LogP contribution in [0.15, 0.2) is 16.9 Å². The van der Waals surface area contributed by atoms with Crippen LogP contribution in [0, 0.1) is 6.92 Å². The molecule has 18 heavy (non-hydrogen) atoms. The van der Waals surface area contributed by atoms with E-state index < -0.39 is 0 Å². The first-order valence-electron chi connectivity index (χ1n) is 5.79. The Morgan fingerprint density at radius 3 is 2.61 bits per heavy atom. The molecule has 0 amide bonds. The standard InChI is InChI=1S/C12H16BrN5/c1-7(2)18-6-9(5-15-18)11-16-8(3)10(13)12(14-4)17-11/h5-7H,1-4H3,(H,14,16,17). The normalized spacial score (nSPS) is 11.0. The van der Waals surface area contributed by atoms with Crippen molar-refractivity contribution in [2.75, 3.05) is 12.4 Å². The molecule has 6 heteroatoms. The maximum absolute atomic E-state index is 4.47. The Morgan fingerprint density at radius 2 is 2.06 bits per heavy atom. The number of aromatic nitrogens is 4. The second-order valence-corrected chi connectivity index (χ2v) is 5.14. The molecule has 0 fully saturated rings. The van der Waals surface area contributed by atoms with Crippen LogP contribution in [0.1, 0.15) is 25.6 Å². The van der Waals surface area contributed by atoms with Crippen LogP contribution in [0.3, 0.4) is 0 Å². The van der Waals surface area contributed by atoms with Crippen molar-refractivity contribution in [3.63, 3.8) is 0 Å². The molecule has 5 nitrogen and oxygen atoms in total. The highest BCUT2D eigenvalue weighted by Crippen LogP contribution is 2.26. The van der Waals surface area contributed by atoms with E-state index in [2.05, 4.69) is 50.2 Å². The molecule has 0 radical (unpaired) electrons. The average molecular weight is 310 g/mol. The molecule has 0 aliphatic carbocycles. The van der Waals surface area contributed by atoms with Crippen LogP contribution in [-0.4, -0.2) is 26.8 Å². The van der Waals surface area contributed by atoms with Crippen LogP contribution in [0.25, 0.3) is 11.4 Å². The predicted molar refractivity (Wildman–Crippen MR) is 75.6 cm³/mol. The highest BCUT2D eigenvalue weighted by molar-refractivity contribution is 9.10. The second-order valence-electron chi connectivity index (χ2n) is 4.35. The largest absolute Gasteiger partial charge is 0.372 e. The Kier molecular flexibility index (Phi) is 3.65. The molecule has 96 valence electrons.